The van der Waals surface area contributed by atoms with Crippen molar-refractivity contribution in [3.8, 4) is 0 Å². The Morgan fingerprint density at radius 2 is 2.06 bits per heavy atom. The van der Waals surface area contributed by atoms with Gasteiger partial charge in [0.25, 0.3) is 0 Å². The van der Waals surface area contributed by atoms with E-state index in [4.69, 9.17) is 0 Å². The smallest absolute Gasteiger partial charge is 0.141 e. The highest BCUT2D eigenvalue weighted by Crippen LogP contribution is 2.20. The fourth-order valence-corrected chi connectivity index (χ4v) is 2.48. The summed E-state index contributed by atoms with van der Waals surface area (Å²) in [5, 5.41) is 7.63. The molecule has 0 saturated carbocycles. The largest absolute Gasteiger partial charge is 0.302 e. The Labute approximate surface area is 105 Å². The van der Waals surface area contributed by atoms with Crippen LogP contribution in [-0.2, 0) is 0 Å². The normalized spacial score (nSPS) is 14.5. The highest BCUT2D eigenvalue weighted by atomic mass is 32.1. The molecule has 2 aromatic rings. The number of nitrogens with zero attached hydrogens (tertiary/aromatic N) is 1. The van der Waals surface area contributed by atoms with Crippen molar-refractivity contribution in [3.05, 3.63) is 52.2 Å². The molecule has 90 valence electrons. The Morgan fingerprint density at radius 3 is 2.65 bits per heavy atom. The van der Waals surface area contributed by atoms with Crippen LogP contribution in [0.5, 0.6) is 0 Å². The highest BCUT2D eigenvalue weighted by molar-refractivity contribution is 7.07. The summed E-state index contributed by atoms with van der Waals surface area (Å²) in [5.74, 6) is -0.299. The molecular formula is C13H15FN2S. The quantitative estimate of drug-likeness (QED) is 0.895. The van der Waals surface area contributed by atoms with Crippen molar-refractivity contribution in [2.75, 3.05) is 0 Å². The zero-order valence-electron chi connectivity index (χ0n) is 9.85. The maximum absolute atomic E-state index is 12.8. The van der Waals surface area contributed by atoms with Gasteiger partial charge in [-0.3, -0.25) is 4.98 Å². The number of rotatable bonds is 4. The summed E-state index contributed by atoms with van der Waals surface area (Å²) in [6.07, 6.45) is 1.25. The molecule has 17 heavy (non-hydrogen) atoms. The summed E-state index contributed by atoms with van der Waals surface area (Å²) >= 11 is 1.69. The third-order valence-electron chi connectivity index (χ3n) is 2.74. The van der Waals surface area contributed by atoms with E-state index in [1.165, 1.54) is 17.8 Å². The molecule has 0 fully saturated rings. The first kappa shape index (κ1) is 12.2. The van der Waals surface area contributed by atoms with Crippen LogP contribution in [0.4, 0.5) is 4.39 Å². The number of thiophene rings is 1. The Kier molecular flexibility index (Phi) is 3.86. The summed E-state index contributed by atoms with van der Waals surface area (Å²) in [5.41, 5.74) is 2.12. The van der Waals surface area contributed by atoms with E-state index < -0.39 is 0 Å². The Hall–Kier alpha value is -1.26. The molecule has 0 aliphatic carbocycles. The fourth-order valence-electron chi connectivity index (χ4n) is 1.72. The average Bonchev–Trinajstić information content (AvgIpc) is 2.83. The highest BCUT2D eigenvalue weighted by Gasteiger charge is 2.12. The Morgan fingerprint density at radius 1 is 1.24 bits per heavy atom. The lowest BCUT2D eigenvalue weighted by Gasteiger charge is -2.18. The molecule has 0 bridgehead atoms. The van der Waals surface area contributed by atoms with E-state index in [0.29, 0.717) is 0 Å². The van der Waals surface area contributed by atoms with Crippen molar-refractivity contribution in [2.24, 2.45) is 0 Å². The van der Waals surface area contributed by atoms with Gasteiger partial charge in [-0.15, -0.1) is 0 Å². The predicted molar refractivity (Wildman–Crippen MR) is 68.5 cm³/mol. The second-order valence-electron chi connectivity index (χ2n) is 4.07. The van der Waals surface area contributed by atoms with Crippen molar-refractivity contribution in [1.82, 2.24) is 10.3 Å². The predicted octanol–water partition coefficient (Wildman–Crippen LogP) is 3.69. The van der Waals surface area contributed by atoms with Gasteiger partial charge < -0.3 is 5.32 Å². The first-order chi connectivity index (χ1) is 8.16. The van der Waals surface area contributed by atoms with Gasteiger partial charge in [-0.05, 0) is 48.4 Å². The Bertz CT molecular complexity index is 453. The van der Waals surface area contributed by atoms with E-state index in [9.17, 15) is 4.39 Å². The van der Waals surface area contributed by atoms with Gasteiger partial charge in [-0.2, -0.15) is 11.3 Å². The third-order valence-corrected chi connectivity index (χ3v) is 3.44. The summed E-state index contributed by atoms with van der Waals surface area (Å²) < 4.78 is 12.8. The van der Waals surface area contributed by atoms with Crippen molar-refractivity contribution in [2.45, 2.75) is 25.9 Å². The SMILES string of the molecule is CC(NC(C)c1ccc(F)cn1)c1ccsc1. The van der Waals surface area contributed by atoms with Crippen LogP contribution in [0.3, 0.4) is 0 Å². The number of pyridine rings is 1. The molecule has 0 amide bonds. The van der Waals surface area contributed by atoms with Gasteiger partial charge in [0.1, 0.15) is 5.82 Å². The maximum atomic E-state index is 12.8. The fraction of sp³-hybridized carbons (Fsp3) is 0.308. The molecule has 0 saturated heterocycles. The van der Waals surface area contributed by atoms with Crippen LogP contribution >= 0.6 is 11.3 Å². The molecule has 2 unspecified atom stereocenters. The first-order valence-corrected chi connectivity index (χ1v) is 6.50. The van der Waals surface area contributed by atoms with E-state index in [2.05, 4.69) is 34.1 Å². The molecule has 2 rings (SSSR count). The minimum absolute atomic E-state index is 0.102. The third kappa shape index (κ3) is 3.11. The molecule has 0 aliphatic heterocycles. The van der Waals surface area contributed by atoms with Gasteiger partial charge >= 0.3 is 0 Å². The van der Waals surface area contributed by atoms with Crippen LogP contribution in [0.2, 0.25) is 0 Å². The topological polar surface area (TPSA) is 24.9 Å². The maximum Gasteiger partial charge on any atom is 0.141 e. The first-order valence-electron chi connectivity index (χ1n) is 5.56. The zero-order valence-corrected chi connectivity index (χ0v) is 10.7. The summed E-state index contributed by atoms with van der Waals surface area (Å²) in [4.78, 5) is 4.08. The van der Waals surface area contributed by atoms with Gasteiger partial charge in [-0.25, -0.2) is 4.39 Å². The number of hydrogen-bond acceptors (Lipinski definition) is 3. The second kappa shape index (κ2) is 5.38. The van der Waals surface area contributed by atoms with Crippen LogP contribution < -0.4 is 5.32 Å². The lowest BCUT2D eigenvalue weighted by molar-refractivity contribution is 0.485. The molecule has 0 aliphatic rings. The van der Waals surface area contributed by atoms with Crippen molar-refractivity contribution < 1.29 is 4.39 Å². The minimum atomic E-state index is -0.299. The van der Waals surface area contributed by atoms with Crippen molar-refractivity contribution in [3.63, 3.8) is 0 Å². The zero-order chi connectivity index (χ0) is 12.3. The van der Waals surface area contributed by atoms with E-state index >= 15 is 0 Å². The second-order valence-corrected chi connectivity index (χ2v) is 4.85. The molecule has 0 radical (unpaired) electrons. The van der Waals surface area contributed by atoms with Gasteiger partial charge in [-0.1, -0.05) is 0 Å². The molecule has 2 aromatic heterocycles. The van der Waals surface area contributed by atoms with E-state index in [1.807, 2.05) is 6.92 Å². The monoisotopic (exact) mass is 250 g/mol. The number of hydrogen-bond donors (Lipinski definition) is 1. The van der Waals surface area contributed by atoms with Crippen LogP contribution in [0, 0.1) is 5.82 Å². The molecule has 0 spiro atoms. The van der Waals surface area contributed by atoms with Gasteiger partial charge in [0, 0.05) is 12.1 Å². The molecule has 2 atom stereocenters. The lowest BCUT2D eigenvalue weighted by Crippen LogP contribution is -2.22. The standard InChI is InChI=1S/C13H15FN2S/c1-9(11-5-6-17-8-11)16-10(2)13-4-3-12(14)7-15-13/h3-10,16H,1-2H3. The van der Waals surface area contributed by atoms with Crippen LogP contribution in [0.1, 0.15) is 37.2 Å². The molecule has 0 aromatic carbocycles. The minimum Gasteiger partial charge on any atom is -0.302 e. The average molecular weight is 250 g/mol. The number of halogens is 1. The van der Waals surface area contributed by atoms with Crippen LogP contribution in [0.15, 0.2) is 35.2 Å². The Balaban J connectivity index is 2.01. The lowest BCUT2D eigenvalue weighted by atomic mass is 10.1. The number of nitrogens with one attached hydrogen (secondary N) is 1. The van der Waals surface area contributed by atoms with Gasteiger partial charge in [0.15, 0.2) is 0 Å². The van der Waals surface area contributed by atoms with Crippen molar-refractivity contribution >= 4 is 11.3 Å². The molecular weight excluding hydrogens is 235 g/mol. The van der Waals surface area contributed by atoms with E-state index in [1.54, 1.807) is 17.4 Å². The summed E-state index contributed by atoms with van der Waals surface area (Å²) in [6.45, 7) is 4.14. The molecule has 4 heteroatoms. The van der Waals surface area contributed by atoms with Crippen LogP contribution in [-0.4, -0.2) is 4.98 Å². The van der Waals surface area contributed by atoms with Crippen LogP contribution in [0.25, 0.3) is 0 Å². The van der Waals surface area contributed by atoms with Gasteiger partial charge in [0.2, 0.25) is 0 Å². The summed E-state index contributed by atoms with van der Waals surface area (Å²) in [7, 11) is 0. The van der Waals surface area contributed by atoms with Crippen molar-refractivity contribution in [1.29, 1.82) is 0 Å². The summed E-state index contributed by atoms with van der Waals surface area (Å²) in [6, 6.07) is 5.63. The molecule has 1 N–H and O–H groups in total. The molecule has 2 nitrogen and oxygen atoms in total. The van der Waals surface area contributed by atoms with Gasteiger partial charge in [0.05, 0.1) is 11.9 Å². The van der Waals surface area contributed by atoms with E-state index in [0.717, 1.165) is 5.69 Å². The molecule has 2 heterocycles. The number of aromatic nitrogens is 1. The van der Waals surface area contributed by atoms with E-state index in [-0.39, 0.29) is 17.9 Å².